The van der Waals surface area contributed by atoms with Crippen molar-refractivity contribution in [3.05, 3.63) is 60.6 Å². The molecule has 0 atom stereocenters. The fraction of sp³-hybridized carbons (Fsp3) is 0.118. The molecule has 0 spiro atoms. The first-order valence-corrected chi connectivity index (χ1v) is 9.65. The summed E-state index contributed by atoms with van der Waals surface area (Å²) in [6, 6.07) is 14.3. The van der Waals surface area contributed by atoms with Gasteiger partial charge in [0.1, 0.15) is 23.8 Å². The second-order valence-corrected chi connectivity index (χ2v) is 7.37. The van der Waals surface area contributed by atoms with Crippen LogP contribution in [0.1, 0.15) is 5.69 Å². The summed E-state index contributed by atoms with van der Waals surface area (Å²) in [4.78, 5) is 12.7. The number of aryl methyl sites for hydroxylation is 1. The number of aromatic nitrogens is 3. The van der Waals surface area contributed by atoms with Crippen molar-refractivity contribution >= 4 is 38.9 Å². The first-order valence-electron chi connectivity index (χ1n) is 7.76. The van der Waals surface area contributed by atoms with Crippen LogP contribution in [-0.2, 0) is 10.0 Å². The molecule has 3 aromatic rings. The molecule has 3 rings (SSSR count). The number of pyridine rings is 1. The number of nitrogens with zero attached hydrogens (tertiary/aromatic N) is 3. The lowest BCUT2D eigenvalue weighted by molar-refractivity contribution is 0.607. The van der Waals surface area contributed by atoms with Gasteiger partial charge in [0.05, 0.1) is 17.6 Å². The average molecular weight is 370 g/mol. The molecule has 8 nitrogen and oxygen atoms in total. The van der Waals surface area contributed by atoms with Gasteiger partial charge in [-0.25, -0.2) is 23.4 Å². The third kappa shape index (κ3) is 4.90. The zero-order chi connectivity index (χ0) is 18.6. The van der Waals surface area contributed by atoms with Gasteiger partial charge in [-0.1, -0.05) is 18.2 Å². The Hall–Kier alpha value is -3.20. The molecule has 0 aliphatic carbocycles. The lowest BCUT2D eigenvalue weighted by Crippen LogP contribution is -2.11. The highest BCUT2D eigenvalue weighted by molar-refractivity contribution is 7.92. The summed E-state index contributed by atoms with van der Waals surface area (Å²) in [5, 5.41) is 6.20. The second-order valence-electron chi connectivity index (χ2n) is 5.62. The lowest BCUT2D eigenvalue weighted by atomic mass is 10.2. The van der Waals surface area contributed by atoms with Gasteiger partial charge in [-0.05, 0) is 31.2 Å². The molecule has 3 N–H and O–H groups in total. The molecule has 2 heterocycles. The summed E-state index contributed by atoms with van der Waals surface area (Å²) in [5.74, 6) is 1.75. The van der Waals surface area contributed by atoms with Gasteiger partial charge in [0.15, 0.2) is 0 Å². The number of nitrogens with one attached hydrogen (secondary N) is 3. The van der Waals surface area contributed by atoms with Gasteiger partial charge in [-0.15, -0.1) is 0 Å². The molecular formula is C17H18N6O2S. The molecule has 1 aromatic carbocycles. The van der Waals surface area contributed by atoms with E-state index in [-0.39, 0.29) is 0 Å². The van der Waals surface area contributed by atoms with Crippen LogP contribution in [0.3, 0.4) is 0 Å². The quantitative estimate of drug-likeness (QED) is 0.612. The maximum Gasteiger partial charge on any atom is 0.229 e. The zero-order valence-corrected chi connectivity index (χ0v) is 15.1. The predicted octanol–water partition coefficient (Wildman–Crippen LogP) is 3.04. The van der Waals surface area contributed by atoms with Crippen LogP contribution < -0.4 is 15.4 Å². The van der Waals surface area contributed by atoms with Crippen LogP contribution >= 0.6 is 0 Å². The smallest absolute Gasteiger partial charge is 0.229 e. The Morgan fingerprint density at radius 1 is 0.846 bits per heavy atom. The van der Waals surface area contributed by atoms with Crippen molar-refractivity contribution in [2.75, 3.05) is 21.6 Å². The van der Waals surface area contributed by atoms with E-state index in [1.54, 1.807) is 30.3 Å². The number of hydrogen-bond donors (Lipinski definition) is 3. The molecule has 0 saturated carbocycles. The van der Waals surface area contributed by atoms with Gasteiger partial charge in [-0.3, -0.25) is 4.72 Å². The maximum absolute atomic E-state index is 11.5. The topological polar surface area (TPSA) is 109 Å². The van der Waals surface area contributed by atoms with E-state index in [0.29, 0.717) is 28.8 Å². The average Bonchev–Trinajstić information content (AvgIpc) is 2.56. The second kappa shape index (κ2) is 7.36. The molecular weight excluding hydrogens is 352 g/mol. The third-order valence-electron chi connectivity index (χ3n) is 3.30. The Morgan fingerprint density at radius 3 is 2.23 bits per heavy atom. The lowest BCUT2D eigenvalue weighted by Gasteiger charge is -2.13. The standard InChI is InChI=1S/C17H18N6O2S/c1-12-6-5-9-15(20-12)22-17-10-16(18-11-19-17)21-13-7-3-4-8-14(13)23-26(2,24)25/h3-11,23H,1-2H3,(H2,18,19,20,21,22). The molecule has 0 fully saturated rings. The minimum atomic E-state index is -3.39. The van der Waals surface area contributed by atoms with E-state index in [9.17, 15) is 8.42 Å². The van der Waals surface area contributed by atoms with Crippen molar-refractivity contribution in [3.8, 4) is 0 Å². The Morgan fingerprint density at radius 2 is 1.54 bits per heavy atom. The molecule has 0 saturated heterocycles. The van der Waals surface area contributed by atoms with E-state index in [4.69, 9.17) is 0 Å². The summed E-state index contributed by atoms with van der Waals surface area (Å²) in [5.41, 5.74) is 1.91. The van der Waals surface area contributed by atoms with Crippen LogP contribution in [0.5, 0.6) is 0 Å². The van der Waals surface area contributed by atoms with E-state index in [1.165, 1.54) is 6.33 Å². The van der Waals surface area contributed by atoms with Crippen molar-refractivity contribution in [3.63, 3.8) is 0 Å². The van der Waals surface area contributed by atoms with Crippen LogP contribution in [0.4, 0.5) is 28.8 Å². The predicted molar refractivity (Wildman–Crippen MR) is 102 cm³/mol. The highest BCUT2D eigenvalue weighted by atomic mass is 32.2. The number of sulfonamides is 1. The van der Waals surface area contributed by atoms with Crippen molar-refractivity contribution < 1.29 is 8.42 Å². The number of para-hydroxylation sites is 2. The van der Waals surface area contributed by atoms with Crippen LogP contribution in [0.2, 0.25) is 0 Å². The first-order chi connectivity index (χ1) is 12.4. The van der Waals surface area contributed by atoms with Crippen molar-refractivity contribution in [1.29, 1.82) is 0 Å². The fourth-order valence-corrected chi connectivity index (χ4v) is 2.83. The Balaban J connectivity index is 1.81. The Kier molecular flexibility index (Phi) is 4.99. The minimum Gasteiger partial charge on any atom is -0.338 e. The number of hydrogen-bond acceptors (Lipinski definition) is 7. The van der Waals surface area contributed by atoms with E-state index < -0.39 is 10.0 Å². The van der Waals surface area contributed by atoms with Gasteiger partial charge in [0, 0.05) is 11.8 Å². The molecule has 134 valence electrons. The summed E-state index contributed by atoms with van der Waals surface area (Å²) in [7, 11) is -3.39. The van der Waals surface area contributed by atoms with Gasteiger partial charge >= 0.3 is 0 Å². The van der Waals surface area contributed by atoms with Crippen LogP contribution in [0, 0.1) is 6.92 Å². The highest BCUT2D eigenvalue weighted by Crippen LogP contribution is 2.26. The zero-order valence-electron chi connectivity index (χ0n) is 14.3. The maximum atomic E-state index is 11.5. The molecule has 26 heavy (non-hydrogen) atoms. The first kappa shape index (κ1) is 17.6. The number of rotatable bonds is 6. The summed E-state index contributed by atoms with van der Waals surface area (Å²) in [6.45, 7) is 1.91. The van der Waals surface area contributed by atoms with E-state index in [1.807, 2.05) is 25.1 Å². The SMILES string of the molecule is Cc1cccc(Nc2cc(Nc3ccccc3NS(C)(=O)=O)ncn2)n1. The number of benzene rings is 1. The molecule has 9 heteroatoms. The van der Waals surface area contributed by atoms with Gasteiger partial charge < -0.3 is 10.6 Å². The van der Waals surface area contributed by atoms with Crippen molar-refractivity contribution in [2.45, 2.75) is 6.92 Å². The fourth-order valence-electron chi connectivity index (χ4n) is 2.26. The highest BCUT2D eigenvalue weighted by Gasteiger charge is 2.08. The number of anilines is 5. The summed E-state index contributed by atoms with van der Waals surface area (Å²) >= 11 is 0. The Labute approximate surface area is 151 Å². The summed E-state index contributed by atoms with van der Waals surface area (Å²) in [6.07, 6.45) is 2.51. The third-order valence-corrected chi connectivity index (χ3v) is 3.89. The van der Waals surface area contributed by atoms with Gasteiger partial charge in [0.25, 0.3) is 0 Å². The Bertz CT molecular complexity index is 1020. The largest absolute Gasteiger partial charge is 0.338 e. The van der Waals surface area contributed by atoms with Crippen LogP contribution in [0.25, 0.3) is 0 Å². The molecule has 0 aliphatic heterocycles. The van der Waals surface area contributed by atoms with Crippen molar-refractivity contribution in [2.24, 2.45) is 0 Å². The summed E-state index contributed by atoms with van der Waals surface area (Å²) < 4.78 is 25.5. The van der Waals surface area contributed by atoms with Crippen LogP contribution in [-0.4, -0.2) is 29.6 Å². The molecule has 0 radical (unpaired) electrons. The normalized spacial score (nSPS) is 11.0. The van der Waals surface area contributed by atoms with E-state index in [2.05, 4.69) is 30.3 Å². The van der Waals surface area contributed by atoms with Crippen LogP contribution in [0.15, 0.2) is 54.9 Å². The molecule has 0 unspecified atom stereocenters. The molecule has 0 bridgehead atoms. The van der Waals surface area contributed by atoms with Crippen molar-refractivity contribution in [1.82, 2.24) is 15.0 Å². The van der Waals surface area contributed by atoms with Gasteiger partial charge in [0.2, 0.25) is 10.0 Å². The monoisotopic (exact) mass is 370 g/mol. The molecule has 0 aliphatic rings. The minimum absolute atomic E-state index is 0.434. The van der Waals surface area contributed by atoms with Gasteiger partial charge in [-0.2, -0.15) is 0 Å². The van der Waals surface area contributed by atoms with E-state index in [0.717, 1.165) is 11.9 Å². The molecule has 0 amide bonds. The van der Waals surface area contributed by atoms with E-state index >= 15 is 0 Å². The molecule has 2 aromatic heterocycles.